The quantitative estimate of drug-likeness (QED) is 0.553. The van der Waals surface area contributed by atoms with Gasteiger partial charge in [0.25, 0.3) is 0 Å². The zero-order chi connectivity index (χ0) is 17.0. The first-order valence-electron chi connectivity index (χ1n) is 6.58. The summed E-state index contributed by atoms with van der Waals surface area (Å²) in [5.41, 5.74) is 2.41. The molecule has 0 saturated heterocycles. The minimum atomic E-state index is -4.72. The molecule has 0 saturated carbocycles. The SMILES string of the molecule is C/C(=N\Oc1ccc(OC(F)(F)F)cc1)c1cc(Cl)ccc1C. The largest absolute Gasteiger partial charge is 0.573 e. The van der Waals surface area contributed by atoms with Crippen LogP contribution >= 0.6 is 11.6 Å². The topological polar surface area (TPSA) is 30.8 Å². The number of hydrogen-bond donors (Lipinski definition) is 0. The second kappa shape index (κ2) is 6.91. The average Bonchev–Trinajstić information content (AvgIpc) is 2.47. The first-order valence-corrected chi connectivity index (χ1v) is 6.96. The van der Waals surface area contributed by atoms with Crippen LogP contribution in [0.25, 0.3) is 0 Å². The number of nitrogens with zero attached hydrogens (tertiary/aromatic N) is 1. The Morgan fingerprint density at radius 2 is 1.65 bits per heavy atom. The molecule has 0 heterocycles. The fraction of sp³-hybridized carbons (Fsp3) is 0.188. The Kier molecular flexibility index (Phi) is 5.15. The molecule has 0 amide bonds. The zero-order valence-electron chi connectivity index (χ0n) is 12.3. The van der Waals surface area contributed by atoms with Crippen molar-refractivity contribution in [1.29, 1.82) is 0 Å². The molecular formula is C16H13ClF3NO2. The summed E-state index contributed by atoms with van der Waals surface area (Å²) in [5.74, 6) is -0.0326. The van der Waals surface area contributed by atoms with Crippen molar-refractivity contribution in [3.8, 4) is 11.5 Å². The first kappa shape index (κ1) is 17.1. The zero-order valence-corrected chi connectivity index (χ0v) is 13.1. The van der Waals surface area contributed by atoms with Crippen molar-refractivity contribution in [2.75, 3.05) is 0 Å². The molecule has 2 rings (SSSR count). The predicted molar refractivity (Wildman–Crippen MR) is 82.2 cm³/mol. The molecule has 0 aliphatic heterocycles. The summed E-state index contributed by atoms with van der Waals surface area (Å²) >= 11 is 5.95. The molecule has 0 fully saturated rings. The third kappa shape index (κ3) is 5.17. The Balaban J connectivity index is 2.09. The normalized spacial score (nSPS) is 12.2. The lowest BCUT2D eigenvalue weighted by Gasteiger charge is -2.09. The highest BCUT2D eigenvalue weighted by molar-refractivity contribution is 6.31. The second-order valence-electron chi connectivity index (χ2n) is 4.75. The van der Waals surface area contributed by atoms with Crippen LogP contribution in [0.3, 0.4) is 0 Å². The van der Waals surface area contributed by atoms with Gasteiger partial charge in [-0.1, -0.05) is 22.8 Å². The molecule has 0 spiro atoms. The summed E-state index contributed by atoms with van der Waals surface area (Å²) in [5, 5.41) is 4.54. The van der Waals surface area contributed by atoms with E-state index in [1.165, 1.54) is 12.1 Å². The Labute approximate surface area is 136 Å². The summed E-state index contributed by atoms with van der Waals surface area (Å²) in [6.07, 6.45) is -4.72. The number of halogens is 4. The molecule has 3 nitrogen and oxygen atoms in total. The fourth-order valence-corrected chi connectivity index (χ4v) is 2.03. The monoisotopic (exact) mass is 343 g/mol. The maximum atomic E-state index is 12.1. The molecule has 0 aliphatic carbocycles. The Morgan fingerprint density at radius 3 is 2.26 bits per heavy atom. The maximum absolute atomic E-state index is 12.1. The van der Waals surface area contributed by atoms with E-state index in [2.05, 4.69) is 9.89 Å². The van der Waals surface area contributed by atoms with Crippen molar-refractivity contribution in [2.45, 2.75) is 20.2 Å². The molecule has 7 heteroatoms. The van der Waals surface area contributed by atoms with Gasteiger partial charge in [0.15, 0.2) is 5.75 Å². The summed E-state index contributed by atoms with van der Waals surface area (Å²) in [7, 11) is 0. The lowest BCUT2D eigenvalue weighted by Crippen LogP contribution is -2.16. The first-order chi connectivity index (χ1) is 10.7. The van der Waals surface area contributed by atoms with Crippen molar-refractivity contribution >= 4 is 17.3 Å². The van der Waals surface area contributed by atoms with Crippen LogP contribution in [0.4, 0.5) is 13.2 Å². The van der Waals surface area contributed by atoms with Gasteiger partial charge in [-0.05, 0) is 55.8 Å². The smallest absolute Gasteiger partial charge is 0.406 e. The molecule has 23 heavy (non-hydrogen) atoms. The Bertz CT molecular complexity index is 712. The van der Waals surface area contributed by atoms with Crippen LogP contribution in [0.5, 0.6) is 11.5 Å². The number of oxime groups is 1. The van der Waals surface area contributed by atoms with Gasteiger partial charge in [0.05, 0.1) is 5.71 Å². The van der Waals surface area contributed by atoms with E-state index in [1.54, 1.807) is 19.1 Å². The predicted octanol–water partition coefficient (Wildman–Crippen LogP) is 5.35. The third-order valence-corrected chi connectivity index (χ3v) is 3.17. The van der Waals surface area contributed by atoms with E-state index in [1.807, 2.05) is 13.0 Å². The standard InChI is InChI=1S/C16H13ClF3NO2/c1-10-3-4-12(17)9-15(10)11(2)21-23-14-7-5-13(6-8-14)22-16(18,19)20/h3-9H,1-2H3/b21-11+. The van der Waals surface area contributed by atoms with E-state index < -0.39 is 6.36 Å². The summed E-state index contributed by atoms with van der Waals surface area (Å²) in [6.45, 7) is 3.66. The van der Waals surface area contributed by atoms with Crippen molar-refractivity contribution < 1.29 is 22.7 Å². The van der Waals surface area contributed by atoms with Gasteiger partial charge in [-0.2, -0.15) is 0 Å². The van der Waals surface area contributed by atoms with Gasteiger partial charge < -0.3 is 9.57 Å². The third-order valence-electron chi connectivity index (χ3n) is 2.93. The van der Waals surface area contributed by atoms with Crippen LogP contribution in [-0.4, -0.2) is 12.1 Å². The van der Waals surface area contributed by atoms with Crippen LogP contribution < -0.4 is 9.57 Å². The average molecular weight is 344 g/mol. The minimum absolute atomic E-state index is 0.290. The molecule has 0 aliphatic rings. The number of hydrogen-bond acceptors (Lipinski definition) is 3. The van der Waals surface area contributed by atoms with E-state index in [9.17, 15) is 13.2 Å². The molecule has 0 atom stereocenters. The van der Waals surface area contributed by atoms with Crippen molar-refractivity contribution in [1.82, 2.24) is 0 Å². The van der Waals surface area contributed by atoms with Crippen LogP contribution in [0.1, 0.15) is 18.1 Å². The number of alkyl halides is 3. The minimum Gasteiger partial charge on any atom is -0.406 e. The van der Waals surface area contributed by atoms with Crippen LogP contribution in [-0.2, 0) is 0 Å². The van der Waals surface area contributed by atoms with Crippen molar-refractivity contribution in [3.63, 3.8) is 0 Å². The van der Waals surface area contributed by atoms with E-state index in [-0.39, 0.29) is 5.75 Å². The highest BCUT2D eigenvalue weighted by Gasteiger charge is 2.30. The lowest BCUT2D eigenvalue weighted by atomic mass is 10.1. The Morgan fingerprint density at radius 1 is 1.04 bits per heavy atom. The highest BCUT2D eigenvalue weighted by Crippen LogP contribution is 2.25. The number of aryl methyl sites for hydroxylation is 1. The molecule has 2 aromatic rings. The molecule has 0 N–H and O–H groups in total. The highest BCUT2D eigenvalue weighted by atomic mass is 35.5. The van der Waals surface area contributed by atoms with Crippen LogP contribution in [0, 0.1) is 6.92 Å². The summed E-state index contributed by atoms with van der Waals surface area (Å²) < 4.78 is 40.0. The second-order valence-corrected chi connectivity index (χ2v) is 5.18. The van der Waals surface area contributed by atoms with E-state index >= 15 is 0 Å². The number of benzene rings is 2. The van der Waals surface area contributed by atoms with Gasteiger partial charge in [0.2, 0.25) is 0 Å². The Hall–Kier alpha value is -2.21. The molecule has 0 radical (unpaired) electrons. The van der Waals surface area contributed by atoms with Gasteiger partial charge in [-0.3, -0.25) is 0 Å². The van der Waals surface area contributed by atoms with Crippen LogP contribution in [0.2, 0.25) is 5.02 Å². The molecule has 2 aromatic carbocycles. The van der Waals surface area contributed by atoms with E-state index in [0.717, 1.165) is 23.3 Å². The van der Waals surface area contributed by atoms with Crippen molar-refractivity contribution in [3.05, 3.63) is 58.6 Å². The molecule has 122 valence electrons. The van der Waals surface area contributed by atoms with E-state index in [4.69, 9.17) is 16.4 Å². The van der Waals surface area contributed by atoms with Gasteiger partial charge in [-0.25, -0.2) is 0 Å². The number of rotatable bonds is 4. The van der Waals surface area contributed by atoms with Gasteiger partial charge >= 0.3 is 6.36 Å². The van der Waals surface area contributed by atoms with Gasteiger partial charge in [0, 0.05) is 10.6 Å². The maximum Gasteiger partial charge on any atom is 0.573 e. The molecule has 0 bridgehead atoms. The van der Waals surface area contributed by atoms with Crippen molar-refractivity contribution in [2.24, 2.45) is 5.16 Å². The lowest BCUT2D eigenvalue weighted by molar-refractivity contribution is -0.274. The summed E-state index contributed by atoms with van der Waals surface area (Å²) in [6, 6.07) is 10.4. The van der Waals surface area contributed by atoms with Gasteiger partial charge in [0.1, 0.15) is 5.75 Å². The van der Waals surface area contributed by atoms with E-state index in [0.29, 0.717) is 16.5 Å². The fourth-order valence-electron chi connectivity index (χ4n) is 1.86. The molecule has 0 aromatic heterocycles. The molecular weight excluding hydrogens is 331 g/mol. The van der Waals surface area contributed by atoms with Crippen LogP contribution in [0.15, 0.2) is 47.6 Å². The van der Waals surface area contributed by atoms with Gasteiger partial charge in [-0.15, -0.1) is 13.2 Å². The number of ether oxygens (including phenoxy) is 1. The molecule has 0 unspecified atom stereocenters. The summed E-state index contributed by atoms with van der Waals surface area (Å²) in [4.78, 5) is 5.21.